The van der Waals surface area contributed by atoms with Crippen LogP contribution in [0.1, 0.15) is 73.4 Å². The van der Waals surface area contributed by atoms with Crippen molar-refractivity contribution >= 4 is 17.8 Å². The summed E-state index contributed by atoms with van der Waals surface area (Å²) >= 11 is 0. The fraction of sp³-hybridized carbons (Fsp3) is 0.633. The normalized spacial score (nSPS) is 15.1. The first-order valence-electron chi connectivity index (χ1n) is 13.2. The molecule has 0 saturated heterocycles. The smallest absolute Gasteiger partial charge is 0.333 e. The average molecular weight is 516 g/mol. The Bertz CT molecular complexity index is 975. The number of amides is 2. The molecule has 0 aliphatic carbocycles. The molecule has 0 aliphatic heterocycles. The highest BCUT2D eigenvalue weighted by Gasteiger charge is 2.42. The van der Waals surface area contributed by atoms with Gasteiger partial charge in [0.1, 0.15) is 6.04 Å². The van der Waals surface area contributed by atoms with E-state index in [2.05, 4.69) is 10.6 Å². The predicted molar refractivity (Wildman–Crippen MR) is 150 cm³/mol. The molecule has 1 rings (SSSR count). The summed E-state index contributed by atoms with van der Waals surface area (Å²) < 4.78 is 5.12. The van der Waals surface area contributed by atoms with Gasteiger partial charge in [-0.2, -0.15) is 0 Å². The number of benzene rings is 1. The van der Waals surface area contributed by atoms with E-state index in [-0.39, 0.29) is 30.4 Å². The topological polar surface area (TPSA) is 87.7 Å². The van der Waals surface area contributed by atoms with Gasteiger partial charge in [0.2, 0.25) is 11.8 Å². The van der Waals surface area contributed by atoms with E-state index in [0.717, 1.165) is 11.1 Å². The number of carbonyl (C=O) groups excluding carboxylic acids is 3. The summed E-state index contributed by atoms with van der Waals surface area (Å²) in [5.74, 6) is -0.808. The highest BCUT2D eigenvalue weighted by Crippen LogP contribution is 2.31. The molecule has 3 atom stereocenters. The molecule has 0 radical (unpaired) electrons. The van der Waals surface area contributed by atoms with Gasteiger partial charge in [-0.15, -0.1) is 0 Å². The Balaban J connectivity index is 3.33. The largest absolute Gasteiger partial charge is 0.463 e. The van der Waals surface area contributed by atoms with Crippen molar-refractivity contribution in [1.82, 2.24) is 15.5 Å². The van der Waals surface area contributed by atoms with Crippen molar-refractivity contribution in [2.24, 2.45) is 11.3 Å². The van der Waals surface area contributed by atoms with Crippen LogP contribution in [0.15, 0.2) is 35.9 Å². The minimum absolute atomic E-state index is 0.0414. The number of hydrogen-bond acceptors (Lipinski definition) is 5. The number of rotatable bonds is 11. The summed E-state index contributed by atoms with van der Waals surface area (Å²) in [5.41, 5.74) is 1.55. The lowest BCUT2D eigenvalue weighted by Crippen LogP contribution is -2.61. The Morgan fingerprint density at radius 1 is 1.05 bits per heavy atom. The number of carbonyl (C=O) groups is 3. The molecule has 2 N–H and O–H groups in total. The quantitative estimate of drug-likeness (QED) is 0.337. The highest BCUT2D eigenvalue weighted by molar-refractivity contribution is 5.92. The van der Waals surface area contributed by atoms with Gasteiger partial charge in [0.05, 0.1) is 18.7 Å². The van der Waals surface area contributed by atoms with Gasteiger partial charge in [0.15, 0.2) is 0 Å². The first-order valence-corrected chi connectivity index (χ1v) is 13.2. The third-order valence-electron chi connectivity index (χ3n) is 7.01. The number of ether oxygens (including phenoxy) is 1. The predicted octanol–water partition coefficient (Wildman–Crippen LogP) is 4.38. The van der Waals surface area contributed by atoms with Crippen LogP contribution in [0.4, 0.5) is 0 Å². The van der Waals surface area contributed by atoms with E-state index in [1.165, 1.54) is 0 Å². The van der Waals surface area contributed by atoms with Gasteiger partial charge in [0, 0.05) is 18.0 Å². The van der Waals surface area contributed by atoms with Crippen molar-refractivity contribution in [1.29, 1.82) is 0 Å². The highest BCUT2D eigenvalue weighted by atomic mass is 16.5. The molecule has 37 heavy (non-hydrogen) atoms. The maximum Gasteiger partial charge on any atom is 0.333 e. The van der Waals surface area contributed by atoms with E-state index in [1.807, 2.05) is 79.7 Å². The van der Waals surface area contributed by atoms with Crippen molar-refractivity contribution in [2.45, 2.75) is 92.8 Å². The van der Waals surface area contributed by atoms with Crippen molar-refractivity contribution in [3.05, 3.63) is 47.0 Å². The summed E-state index contributed by atoms with van der Waals surface area (Å²) in [6, 6.07) is 6.35. The van der Waals surface area contributed by atoms with Crippen LogP contribution in [0, 0.1) is 18.3 Å². The number of hydrogen-bond donors (Lipinski definition) is 2. The fourth-order valence-electron chi connectivity index (χ4n) is 4.82. The van der Waals surface area contributed by atoms with Crippen molar-refractivity contribution in [3.8, 4) is 0 Å². The lowest BCUT2D eigenvalue weighted by molar-refractivity contribution is -0.141. The van der Waals surface area contributed by atoms with E-state index in [0.29, 0.717) is 5.57 Å². The zero-order valence-electron chi connectivity index (χ0n) is 25.0. The SMILES string of the molecule is CCOC(=O)/C(C)=C/[C@H](C(C)C)N(C)C(=O)[C@@H](NC(=O)[C@H](NC)C(C)(C)c1ccccc1C)C(C)(C)C. The maximum atomic E-state index is 13.9. The Hall–Kier alpha value is -2.67. The van der Waals surface area contributed by atoms with E-state index in [9.17, 15) is 14.4 Å². The number of aryl methyl sites for hydroxylation is 1. The molecule has 2 amide bonds. The molecule has 0 heterocycles. The van der Waals surface area contributed by atoms with E-state index in [1.54, 1.807) is 38.9 Å². The van der Waals surface area contributed by atoms with E-state index >= 15 is 0 Å². The second kappa shape index (κ2) is 13.2. The summed E-state index contributed by atoms with van der Waals surface area (Å²) in [4.78, 5) is 41.4. The molecule has 0 bridgehead atoms. The fourth-order valence-corrected chi connectivity index (χ4v) is 4.82. The molecule has 0 saturated carbocycles. The molecule has 1 aromatic rings. The molecule has 0 unspecified atom stereocenters. The Labute approximate surface area is 224 Å². The summed E-state index contributed by atoms with van der Waals surface area (Å²) in [6.45, 7) is 19.7. The zero-order valence-corrected chi connectivity index (χ0v) is 25.0. The molecule has 1 aromatic carbocycles. The van der Waals surface area contributed by atoms with Crippen molar-refractivity contribution in [2.75, 3.05) is 20.7 Å². The lowest BCUT2D eigenvalue weighted by atomic mass is 9.75. The van der Waals surface area contributed by atoms with Gasteiger partial charge in [0.25, 0.3) is 0 Å². The molecule has 7 heteroatoms. The number of nitrogens with zero attached hydrogens (tertiary/aromatic N) is 1. The molecule has 0 aliphatic rings. The van der Waals surface area contributed by atoms with Gasteiger partial charge < -0.3 is 20.3 Å². The zero-order chi connectivity index (χ0) is 28.7. The maximum absolute atomic E-state index is 13.9. The van der Waals surface area contributed by atoms with E-state index in [4.69, 9.17) is 4.74 Å². The Morgan fingerprint density at radius 2 is 1.62 bits per heavy atom. The summed E-state index contributed by atoms with van der Waals surface area (Å²) in [7, 11) is 3.49. The molecular formula is C30H49N3O4. The number of likely N-dealkylation sites (N-methyl/N-ethyl adjacent to an activating group) is 2. The van der Waals surface area contributed by atoms with Crippen LogP contribution >= 0.6 is 0 Å². The van der Waals surface area contributed by atoms with Crippen LogP contribution < -0.4 is 10.6 Å². The van der Waals surface area contributed by atoms with E-state index < -0.39 is 28.9 Å². The Morgan fingerprint density at radius 3 is 2.08 bits per heavy atom. The summed E-state index contributed by atoms with van der Waals surface area (Å²) in [6.07, 6.45) is 1.78. The molecular weight excluding hydrogens is 466 g/mol. The number of nitrogens with one attached hydrogen (secondary N) is 2. The van der Waals surface area contributed by atoms with Crippen LogP contribution in [0.3, 0.4) is 0 Å². The van der Waals surface area contributed by atoms with Crippen LogP contribution in [0.25, 0.3) is 0 Å². The molecule has 0 aromatic heterocycles. The minimum atomic E-state index is -0.772. The van der Waals surface area contributed by atoms with Gasteiger partial charge in [-0.05, 0) is 50.3 Å². The molecule has 0 spiro atoms. The van der Waals surface area contributed by atoms with Crippen LogP contribution in [0.5, 0.6) is 0 Å². The van der Waals surface area contributed by atoms with Crippen LogP contribution in [0.2, 0.25) is 0 Å². The standard InChI is InChI=1S/C30H49N3O4/c1-13-37-28(36)21(5)18-23(19(2)3)33(12)27(35)25(29(6,7)8)32-26(34)24(31-11)30(9,10)22-17-15-14-16-20(22)4/h14-19,23-25,31H,13H2,1-12H3,(H,32,34)/b21-18+/t23-,24+,25-/m1/s1. The van der Waals surface area contributed by atoms with Crippen molar-refractivity contribution in [3.63, 3.8) is 0 Å². The average Bonchev–Trinajstić information content (AvgIpc) is 2.79. The van der Waals surface area contributed by atoms with Crippen molar-refractivity contribution < 1.29 is 19.1 Å². The van der Waals surface area contributed by atoms with Gasteiger partial charge in [-0.1, -0.05) is 78.8 Å². The van der Waals surface area contributed by atoms with Crippen LogP contribution in [-0.4, -0.2) is 61.5 Å². The second-order valence-corrected chi connectivity index (χ2v) is 11.8. The van der Waals surface area contributed by atoms with Crippen LogP contribution in [-0.2, 0) is 24.5 Å². The van der Waals surface area contributed by atoms with Gasteiger partial charge >= 0.3 is 5.97 Å². The molecule has 208 valence electrons. The third-order valence-corrected chi connectivity index (χ3v) is 7.01. The monoisotopic (exact) mass is 515 g/mol. The number of esters is 1. The third kappa shape index (κ3) is 8.16. The molecule has 0 fully saturated rings. The lowest BCUT2D eigenvalue weighted by Gasteiger charge is -2.40. The molecule has 7 nitrogen and oxygen atoms in total. The first-order chi connectivity index (χ1) is 17.0. The van der Waals surface area contributed by atoms with Gasteiger partial charge in [-0.25, -0.2) is 4.79 Å². The Kier molecular flexibility index (Phi) is 11.6. The van der Waals surface area contributed by atoms with Gasteiger partial charge in [-0.3, -0.25) is 9.59 Å². The first kappa shape index (κ1) is 32.4. The minimum Gasteiger partial charge on any atom is -0.463 e. The summed E-state index contributed by atoms with van der Waals surface area (Å²) in [5, 5.41) is 6.26. The second-order valence-electron chi connectivity index (χ2n) is 11.8.